The molecular formula is C32H52O3Si. The highest BCUT2D eigenvalue weighted by Gasteiger charge is 2.39. The van der Waals surface area contributed by atoms with Crippen molar-refractivity contribution in [1.82, 2.24) is 0 Å². The van der Waals surface area contributed by atoms with Crippen molar-refractivity contribution in [3.8, 4) is 0 Å². The highest BCUT2D eigenvalue weighted by Crippen LogP contribution is 2.43. The van der Waals surface area contributed by atoms with E-state index < -0.39 is 8.32 Å². The second-order valence-corrected chi connectivity index (χ2v) is 16.9. The molecule has 3 atom stereocenters. The third kappa shape index (κ3) is 9.02. The van der Waals surface area contributed by atoms with Gasteiger partial charge >= 0.3 is 5.97 Å². The van der Waals surface area contributed by atoms with Crippen LogP contribution in [0.15, 0.2) is 48.1 Å². The lowest BCUT2D eigenvalue weighted by Gasteiger charge is -2.39. The number of carbonyl (C=O) groups excluding carboxylic acids is 1. The van der Waals surface area contributed by atoms with E-state index in [9.17, 15) is 4.79 Å². The van der Waals surface area contributed by atoms with E-state index in [1.807, 2.05) is 0 Å². The minimum absolute atomic E-state index is 0.124. The fraction of sp³-hybridized carbons (Fsp3) is 0.656. The van der Waals surface area contributed by atoms with E-state index >= 15 is 0 Å². The van der Waals surface area contributed by atoms with Crippen LogP contribution in [0.25, 0.3) is 0 Å². The van der Waals surface area contributed by atoms with E-state index in [1.165, 1.54) is 43.1 Å². The van der Waals surface area contributed by atoms with Gasteiger partial charge in [0, 0.05) is 12.3 Å². The zero-order chi connectivity index (χ0) is 26.8. The van der Waals surface area contributed by atoms with Gasteiger partial charge in [-0.1, -0.05) is 102 Å². The number of rotatable bonds is 14. The molecule has 0 saturated carbocycles. The maximum Gasteiger partial charge on any atom is 0.305 e. The fourth-order valence-corrected chi connectivity index (χ4v) is 6.16. The molecule has 0 aromatic heterocycles. The number of hydrogen-bond donors (Lipinski definition) is 0. The number of hydrogen-bond acceptors (Lipinski definition) is 3. The van der Waals surface area contributed by atoms with Crippen LogP contribution in [0.3, 0.4) is 0 Å². The summed E-state index contributed by atoms with van der Waals surface area (Å²) >= 11 is 0. The highest BCUT2D eigenvalue weighted by atomic mass is 28.4. The molecule has 0 saturated heterocycles. The van der Waals surface area contributed by atoms with Gasteiger partial charge in [0.1, 0.15) is 0 Å². The van der Waals surface area contributed by atoms with Crippen molar-refractivity contribution in [3.05, 3.63) is 59.2 Å². The van der Waals surface area contributed by atoms with Gasteiger partial charge in [-0.15, -0.1) is 0 Å². The van der Waals surface area contributed by atoms with Crippen LogP contribution in [-0.2, 0) is 14.0 Å². The van der Waals surface area contributed by atoms with E-state index in [4.69, 9.17) is 9.16 Å². The van der Waals surface area contributed by atoms with Crippen LogP contribution < -0.4 is 0 Å². The Morgan fingerprint density at radius 2 is 1.81 bits per heavy atom. The number of methoxy groups -OCH3 is 1. The molecule has 0 bridgehead atoms. The Morgan fingerprint density at radius 3 is 2.42 bits per heavy atom. The van der Waals surface area contributed by atoms with E-state index in [2.05, 4.69) is 90.2 Å². The zero-order valence-corrected chi connectivity index (χ0v) is 25.4. The van der Waals surface area contributed by atoms with E-state index in [0.29, 0.717) is 18.3 Å². The quantitative estimate of drug-likeness (QED) is 0.108. The summed E-state index contributed by atoms with van der Waals surface area (Å²) in [4.78, 5) is 11.3. The van der Waals surface area contributed by atoms with Crippen LogP contribution in [0.4, 0.5) is 0 Å². The van der Waals surface area contributed by atoms with Gasteiger partial charge in [0.05, 0.1) is 13.2 Å². The average molecular weight is 513 g/mol. The molecule has 1 aromatic rings. The van der Waals surface area contributed by atoms with Crippen molar-refractivity contribution < 1.29 is 14.0 Å². The monoisotopic (exact) mass is 512 g/mol. The van der Waals surface area contributed by atoms with Gasteiger partial charge in [0.25, 0.3) is 0 Å². The summed E-state index contributed by atoms with van der Waals surface area (Å²) in [5, 5.41) is 0.210. The minimum atomic E-state index is -1.85. The minimum Gasteiger partial charge on any atom is -0.469 e. The van der Waals surface area contributed by atoms with Crippen molar-refractivity contribution in [2.45, 2.75) is 123 Å². The molecule has 1 unspecified atom stereocenters. The second-order valence-electron chi connectivity index (χ2n) is 12.1. The van der Waals surface area contributed by atoms with Gasteiger partial charge in [-0.05, 0) is 67.3 Å². The van der Waals surface area contributed by atoms with E-state index in [-0.39, 0.29) is 17.1 Å². The summed E-state index contributed by atoms with van der Waals surface area (Å²) in [6.45, 7) is 16.4. The summed E-state index contributed by atoms with van der Waals surface area (Å²) in [7, 11) is -0.397. The third-order valence-corrected chi connectivity index (χ3v) is 12.7. The molecule has 202 valence electrons. The molecule has 0 fully saturated rings. The largest absolute Gasteiger partial charge is 0.469 e. The lowest BCUT2D eigenvalue weighted by molar-refractivity contribution is -0.140. The lowest BCUT2D eigenvalue weighted by Crippen LogP contribution is -2.41. The van der Waals surface area contributed by atoms with Gasteiger partial charge in [-0.2, -0.15) is 0 Å². The smallest absolute Gasteiger partial charge is 0.305 e. The molecule has 0 N–H and O–H groups in total. The van der Waals surface area contributed by atoms with Gasteiger partial charge in [-0.3, -0.25) is 4.79 Å². The normalized spacial score (nSPS) is 19.5. The summed E-state index contributed by atoms with van der Waals surface area (Å²) < 4.78 is 11.7. The van der Waals surface area contributed by atoms with Gasteiger partial charge < -0.3 is 9.16 Å². The van der Waals surface area contributed by atoms with Crippen LogP contribution in [0.1, 0.15) is 116 Å². The van der Waals surface area contributed by atoms with Gasteiger partial charge in [-0.25, -0.2) is 0 Å². The van der Waals surface area contributed by atoms with Crippen molar-refractivity contribution >= 4 is 14.3 Å². The Kier molecular flexibility index (Phi) is 12.2. The molecule has 3 nitrogen and oxygen atoms in total. The molecule has 36 heavy (non-hydrogen) atoms. The van der Waals surface area contributed by atoms with Crippen molar-refractivity contribution in [3.63, 3.8) is 0 Å². The second kappa shape index (κ2) is 14.3. The molecule has 0 spiro atoms. The Bertz CT molecular complexity index is 860. The van der Waals surface area contributed by atoms with Crippen molar-refractivity contribution in [1.29, 1.82) is 0 Å². The molecule has 0 amide bonds. The van der Waals surface area contributed by atoms with E-state index in [0.717, 1.165) is 32.1 Å². The Morgan fingerprint density at radius 1 is 1.11 bits per heavy atom. The Labute approximate surface area is 222 Å². The summed E-state index contributed by atoms with van der Waals surface area (Å²) in [5.41, 5.74) is 4.28. The number of ether oxygens (including phenoxy) is 1. The zero-order valence-electron chi connectivity index (χ0n) is 24.4. The van der Waals surface area contributed by atoms with E-state index in [1.54, 1.807) is 0 Å². The van der Waals surface area contributed by atoms with Crippen LogP contribution >= 0.6 is 0 Å². The number of esters is 1. The average Bonchev–Trinajstić information content (AvgIpc) is 3.20. The number of allylic oxidation sites excluding steroid dienone is 4. The Hall–Kier alpha value is -1.65. The molecule has 1 aromatic carbocycles. The Balaban J connectivity index is 2.08. The highest BCUT2D eigenvalue weighted by molar-refractivity contribution is 6.74. The van der Waals surface area contributed by atoms with Crippen LogP contribution in [0.2, 0.25) is 18.1 Å². The number of benzene rings is 1. The van der Waals surface area contributed by atoms with Gasteiger partial charge in [0.2, 0.25) is 0 Å². The third-order valence-electron chi connectivity index (χ3n) is 8.20. The van der Waals surface area contributed by atoms with Crippen molar-refractivity contribution in [2.24, 2.45) is 5.92 Å². The molecule has 1 aliphatic rings. The number of carbonyl (C=O) groups is 1. The SMILES string of the molecule is CCCCCC(O[Si](C)(C)C(C)(C)C)c1ccc([C@@H]2C(C/C=C\CCCC(=O)OC)=CC[C@H]2C)cc1. The topological polar surface area (TPSA) is 35.5 Å². The predicted octanol–water partition coefficient (Wildman–Crippen LogP) is 9.67. The summed E-state index contributed by atoms with van der Waals surface area (Å²) in [5.74, 6) is 0.988. The lowest BCUT2D eigenvalue weighted by atomic mass is 9.84. The van der Waals surface area contributed by atoms with Crippen molar-refractivity contribution in [2.75, 3.05) is 7.11 Å². The van der Waals surface area contributed by atoms with Gasteiger partial charge in [0.15, 0.2) is 8.32 Å². The first kappa shape index (κ1) is 30.6. The molecular weight excluding hydrogens is 460 g/mol. The fourth-order valence-electron chi connectivity index (χ4n) is 4.85. The van der Waals surface area contributed by atoms with Crippen LogP contribution in [0, 0.1) is 5.92 Å². The molecule has 0 radical (unpaired) electrons. The molecule has 2 rings (SSSR count). The first-order chi connectivity index (χ1) is 17.0. The molecule has 0 aliphatic heterocycles. The summed E-state index contributed by atoms with van der Waals surface area (Å²) in [6, 6.07) is 9.39. The maximum atomic E-state index is 11.3. The number of unbranched alkanes of at least 4 members (excludes halogenated alkanes) is 3. The van der Waals surface area contributed by atoms with Crippen LogP contribution in [-0.4, -0.2) is 21.4 Å². The molecule has 4 heteroatoms. The first-order valence-corrected chi connectivity index (χ1v) is 17.1. The molecule has 1 aliphatic carbocycles. The summed E-state index contributed by atoms with van der Waals surface area (Å²) in [6.07, 6.45) is 16.3. The predicted molar refractivity (Wildman–Crippen MR) is 156 cm³/mol. The van der Waals surface area contributed by atoms with Crippen LogP contribution in [0.5, 0.6) is 0 Å². The maximum absolute atomic E-state index is 11.3. The first-order valence-electron chi connectivity index (χ1n) is 14.2. The standard InChI is InChI=1S/C32H52O3Si/c1-9-10-13-17-29(35-36(7,8)32(3,4)5)26-21-23-28(24-22-26)31-25(2)19-20-27(31)16-14-11-12-15-18-30(33)34-6/h11,14,20-25,29,31H,9-10,12-13,15-19H2,1-8H3/b14-11-/t25-,29?,31+/m1/s1. The molecule has 0 heterocycles.